The number of hydrogen-bond donors (Lipinski definition) is 1. The van der Waals surface area contributed by atoms with Crippen LogP contribution in [0.5, 0.6) is 0 Å². The lowest BCUT2D eigenvalue weighted by Crippen LogP contribution is -2.23. The van der Waals surface area contributed by atoms with Gasteiger partial charge >= 0.3 is 0 Å². The number of rotatable bonds is 5. The molecule has 1 unspecified atom stereocenters. The molecule has 1 aromatic rings. The maximum atomic E-state index is 3.62. The predicted octanol–water partition coefficient (Wildman–Crippen LogP) is 4.31. The average Bonchev–Trinajstić information content (AvgIpc) is 2.22. The summed E-state index contributed by atoms with van der Waals surface area (Å²) < 4.78 is 0. The second-order valence-corrected chi connectivity index (χ2v) is 5.53. The largest absolute Gasteiger partial charge is 0.310 e. The second kappa shape index (κ2) is 6.20. The molecule has 0 aromatic heterocycles. The first-order chi connectivity index (χ1) is 7.95. The Morgan fingerprint density at radius 1 is 1.00 bits per heavy atom. The van der Waals surface area contributed by atoms with E-state index in [0.29, 0.717) is 6.04 Å². The molecule has 1 rings (SSSR count). The van der Waals surface area contributed by atoms with Crippen molar-refractivity contribution in [3.05, 3.63) is 34.4 Å². The molecule has 0 spiro atoms. The van der Waals surface area contributed by atoms with E-state index in [0.717, 1.165) is 12.5 Å². The SMILES string of the molecule is CCNC(CC(C)C)c1cc(C)c(C)cc1C. The summed E-state index contributed by atoms with van der Waals surface area (Å²) in [6.45, 7) is 14.4. The van der Waals surface area contributed by atoms with E-state index >= 15 is 0 Å². The highest BCUT2D eigenvalue weighted by atomic mass is 14.9. The minimum absolute atomic E-state index is 0.499. The van der Waals surface area contributed by atoms with Crippen molar-refractivity contribution in [2.75, 3.05) is 6.54 Å². The fourth-order valence-corrected chi connectivity index (χ4v) is 2.40. The van der Waals surface area contributed by atoms with E-state index in [1.165, 1.54) is 28.7 Å². The van der Waals surface area contributed by atoms with Gasteiger partial charge < -0.3 is 5.32 Å². The van der Waals surface area contributed by atoms with Gasteiger partial charge in [-0.3, -0.25) is 0 Å². The number of aryl methyl sites for hydroxylation is 3. The van der Waals surface area contributed by atoms with Crippen molar-refractivity contribution >= 4 is 0 Å². The van der Waals surface area contributed by atoms with Crippen molar-refractivity contribution in [3.63, 3.8) is 0 Å². The Balaban J connectivity index is 3.04. The maximum absolute atomic E-state index is 3.62. The highest BCUT2D eigenvalue weighted by Crippen LogP contribution is 2.26. The van der Waals surface area contributed by atoms with Crippen LogP contribution in [-0.4, -0.2) is 6.54 Å². The monoisotopic (exact) mass is 233 g/mol. The van der Waals surface area contributed by atoms with Gasteiger partial charge in [0.25, 0.3) is 0 Å². The van der Waals surface area contributed by atoms with Crippen LogP contribution in [0.2, 0.25) is 0 Å². The lowest BCUT2D eigenvalue weighted by atomic mass is 9.91. The first-order valence-corrected chi connectivity index (χ1v) is 6.76. The normalized spacial score (nSPS) is 13.1. The summed E-state index contributed by atoms with van der Waals surface area (Å²) in [7, 11) is 0. The van der Waals surface area contributed by atoms with Crippen LogP contribution in [-0.2, 0) is 0 Å². The third-order valence-corrected chi connectivity index (χ3v) is 3.42. The van der Waals surface area contributed by atoms with E-state index in [1.807, 2.05) is 0 Å². The van der Waals surface area contributed by atoms with Gasteiger partial charge in [0.1, 0.15) is 0 Å². The molecule has 0 amide bonds. The van der Waals surface area contributed by atoms with Gasteiger partial charge in [0, 0.05) is 6.04 Å². The van der Waals surface area contributed by atoms with Crippen LogP contribution < -0.4 is 5.32 Å². The highest BCUT2D eigenvalue weighted by molar-refractivity contribution is 5.38. The molecule has 0 saturated heterocycles. The van der Waals surface area contributed by atoms with Crippen molar-refractivity contribution in [1.29, 1.82) is 0 Å². The third kappa shape index (κ3) is 3.85. The molecule has 0 aliphatic heterocycles. The summed E-state index contributed by atoms with van der Waals surface area (Å²) in [5.41, 5.74) is 5.69. The van der Waals surface area contributed by atoms with Crippen LogP contribution in [0.15, 0.2) is 12.1 Å². The second-order valence-electron chi connectivity index (χ2n) is 5.53. The van der Waals surface area contributed by atoms with Crippen molar-refractivity contribution in [1.82, 2.24) is 5.32 Å². The zero-order valence-electron chi connectivity index (χ0n) is 12.2. The summed E-state index contributed by atoms with van der Waals surface area (Å²) in [6, 6.07) is 5.18. The molecule has 0 aliphatic carbocycles. The Morgan fingerprint density at radius 2 is 1.59 bits per heavy atom. The summed E-state index contributed by atoms with van der Waals surface area (Å²) in [5.74, 6) is 0.722. The van der Waals surface area contributed by atoms with Crippen LogP contribution in [0, 0.1) is 26.7 Å². The van der Waals surface area contributed by atoms with Crippen LogP contribution in [0.1, 0.15) is 55.5 Å². The van der Waals surface area contributed by atoms with Crippen LogP contribution in [0.25, 0.3) is 0 Å². The Bertz CT molecular complexity index is 366. The predicted molar refractivity (Wildman–Crippen MR) is 76.5 cm³/mol. The first-order valence-electron chi connectivity index (χ1n) is 6.76. The van der Waals surface area contributed by atoms with Crippen molar-refractivity contribution in [2.45, 2.75) is 54.0 Å². The van der Waals surface area contributed by atoms with Gasteiger partial charge in [-0.2, -0.15) is 0 Å². The van der Waals surface area contributed by atoms with Crippen molar-refractivity contribution < 1.29 is 0 Å². The van der Waals surface area contributed by atoms with Gasteiger partial charge in [-0.15, -0.1) is 0 Å². The fraction of sp³-hybridized carbons (Fsp3) is 0.625. The van der Waals surface area contributed by atoms with E-state index in [-0.39, 0.29) is 0 Å². The molecular formula is C16H27N. The summed E-state index contributed by atoms with van der Waals surface area (Å²) >= 11 is 0. The smallest absolute Gasteiger partial charge is 0.0325 e. The Hall–Kier alpha value is -0.820. The van der Waals surface area contributed by atoms with Crippen molar-refractivity contribution in [2.24, 2.45) is 5.92 Å². The Morgan fingerprint density at radius 3 is 2.12 bits per heavy atom. The molecule has 0 radical (unpaired) electrons. The lowest BCUT2D eigenvalue weighted by molar-refractivity contribution is 0.437. The topological polar surface area (TPSA) is 12.0 Å². The molecular weight excluding hydrogens is 206 g/mol. The Labute approximate surface area is 107 Å². The van der Waals surface area contributed by atoms with E-state index in [2.05, 4.69) is 59.0 Å². The minimum atomic E-state index is 0.499. The van der Waals surface area contributed by atoms with Gasteiger partial charge in [0.2, 0.25) is 0 Å². The molecule has 1 heteroatoms. The first kappa shape index (κ1) is 14.2. The van der Waals surface area contributed by atoms with E-state index in [1.54, 1.807) is 0 Å². The van der Waals surface area contributed by atoms with E-state index in [4.69, 9.17) is 0 Å². The van der Waals surface area contributed by atoms with Gasteiger partial charge in [-0.05, 0) is 61.9 Å². The molecule has 1 atom stereocenters. The number of nitrogens with one attached hydrogen (secondary N) is 1. The molecule has 1 N–H and O–H groups in total. The van der Waals surface area contributed by atoms with E-state index < -0.39 is 0 Å². The zero-order chi connectivity index (χ0) is 13.0. The van der Waals surface area contributed by atoms with Crippen LogP contribution >= 0.6 is 0 Å². The quantitative estimate of drug-likeness (QED) is 0.799. The van der Waals surface area contributed by atoms with Gasteiger partial charge in [0.15, 0.2) is 0 Å². The molecule has 0 aliphatic rings. The van der Waals surface area contributed by atoms with Crippen molar-refractivity contribution in [3.8, 4) is 0 Å². The highest BCUT2D eigenvalue weighted by Gasteiger charge is 2.15. The number of benzene rings is 1. The molecule has 17 heavy (non-hydrogen) atoms. The molecule has 0 saturated carbocycles. The average molecular weight is 233 g/mol. The minimum Gasteiger partial charge on any atom is -0.310 e. The fourth-order valence-electron chi connectivity index (χ4n) is 2.40. The maximum Gasteiger partial charge on any atom is 0.0325 e. The lowest BCUT2D eigenvalue weighted by Gasteiger charge is -2.23. The standard InChI is InChI=1S/C16H27N/c1-7-17-16(8-11(2)3)15-10-13(5)12(4)9-14(15)6/h9-11,16-17H,7-8H2,1-6H3. The van der Waals surface area contributed by atoms with Gasteiger partial charge in [0.05, 0.1) is 0 Å². The molecule has 1 nitrogen and oxygen atoms in total. The van der Waals surface area contributed by atoms with Crippen LogP contribution in [0.4, 0.5) is 0 Å². The summed E-state index contributed by atoms with van der Waals surface area (Å²) in [6.07, 6.45) is 1.21. The molecule has 1 aromatic carbocycles. The zero-order valence-corrected chi connectivity index (χ0v) is 12.2. The third-order valence-electron chi connectivity index (χ3n) is 3.42. The van der Waals surface area contributed by atoms with E-state index in [9.17, 15) is 0 Å². The molecule has 0 heterocycles. The summed E-state index contributed by atoms with van der Waals surface area (Å²) in [4.78, 5) is 0. The molecule has 96 valence electrons. The Kier molecular flexibility index (Phi) is 5.20. The van der Waals surface area contributed by atoms with Crippen LogP contribution in [0.3, 0.4) is 0 Å². The van der Waals surface area contributed by atoms with Gasteiger partial charge in [-0.1, -0.05) is 32.9 Å². The van der Waals surface area contributed by atoms with Gasteiger partial charge in [-0.25, -0.2) is 0 Å². The molecule has 0 fully saturated rings. The number of hydrogen-bond acceptors (Lipinski definition) is 1. The summed E-state index contributed by atoms with van der Waals surface area (Å²) in [5, 5.41) is 3.62. The molecule has 0 bridgehead atoms.